The van der Waals surface area contributed by atoms with Crippen LogP contribution in [0.1, 0.15) is 32.6 Å². The van der Waals surface area contributed by atoms with Crippen LogP contribution >= 0.6 is 0 Å². The quantitative estimate of drug-likeness (QED) is 0.437. The molecule has 0 spiro atoms. The molecule has 0 aliphatic carbocycles. The molecule has 0 aromatic heterocycles. The Kier molecular flexibility index (Phi) is 7.85. The van der Waals surface area contributed by atoms with Crippen LogP contribution in [0.15, 0.2) is 0 Å². The van der Waals surface area contributed by atoms with Crippen LogP contribution in [0, 0.1) is 0 Å². The molecular weight excluding hydrogens is 114 g/mol. The summed E-state index contributed by atoms with van der Waals surface area (Å²) in [7, 11) is 1.65. The van der Waals surface area contributed by atoms with Crippen LogP contribution < -0.4 is 5.48 Å². The normalized spacial score (nSPS) is 10.0. The molecule has 0 amide bonds. The van der Waals surface area contributed by atoms with Gasteiger partial charge in [0.2, 0.25) is 0 Å². The molecule has 0 aliphatic rings. The minimum Gasteiger partial charge on any atom is -0.305 e. The van der Waals surface area contributed by atoms with Crippen molar-refractivity contribution in [1.82, 2.24) is 5.48 Å². The van der Waals surface area contributed by atoms with Crippen molar-refractivity contribution in [3.05, 3.63) is 0 Å². The molecule has 0 atom stereocenters. The van der Waals surface area contributed by atoms with Crippen molar-refractivity contribution in [3.8, 4) is 0 Å². The number of hydrogen-bond donors (Lipinski definition) is 1. The minimum atomic E-state index is 0.983. The largest absolute Gasteiger partial charge is 0.305 e. The van der Waals surface area contributed by atoms with Gasteiger partial charge in [0.05, 0.1) is 7.11 Å². The summed E-state index contributed by atoms with van der Waals surface area (Å²) in [6.45, 7) is 3.19. The first-order valence-electron chi connectivity index (χ1n) is 3.67. The molecule has 0 rings (SSSR count). The van der Waals surface area contributed by atoms with Crippen molar-refractivity contribution in [3.63, 3.8) is 0 Å². The molecule has 0 bridgehead atoms. The average molecular weight is 131 g/mol. The second kappa shape index (κ2) is 7.92. The number of rotatable bonds is 6. The summed E-state index contributed by atoms with van der Waals surface area (Å²) in [5.41, 5.74) is 2.81. The molecular formula is C7H17NO. The van der Waals surface area contributed by atoms with Gasteiger partial charge in [0, 0.05) is 6.54 Å². The highest BCUT2D eigenvalue weighted by Crippen LogP contribution is 1.96. The predicted octanol–water partition coefficient (Wildman–Crippen LogP) is 1.72. The smallest absolute Gasteiger partial charge is 0.0572 e. The van der Waals surface area contributed by atoms with Gasteiger partial charge in [-0.3, -0.25) is 0 Å². The standard InChI is InChI=1S/C7H17NO/c1-3-4-5-6-7-8-9-2/h8H,3-7H2,1-2H3. The Morgan fingerprint density at radius 2 is 2.00 bits per heavy atom. The van der Waals surface area contributed by atoms with E-state index < -0.39 is 0 Å². The average Bonchev–Trinajstić information content (AvgIpc) is 1.89. The Morgan fingerprint density at radius 1 is 1.22 bits per heavy atom. The van der Waals surface area contributed by atoms with Crippen LogP contribution in [-0.2, 0) is 4.84 Å². The van der Waals surface area contributed by atoms with Crippen LogP contribution in [0.3, 0.4) is 0 Å². The SMILES string of the molecule is CCCCCCNOC. The molecule has 56 valence electrons. The van der Waals surface area contributed by atoms with E-state index in [-0.39, 0.29) is 0 Å². The van der Waals surface area contributed by atoms with E-state index in [2.05, 4.69) is 17.2 Å². The fourth-order valence-electron chi connectivity index (χ4n) is 0.726. The van der Waals surface area contributed by atoms with Gasteiger partial charge in [-0.1, -0.05) is 26.2 Å². The van der Waals surface area contributed by atoms with E-state index >= 15 is 0 Å². The molecule has 0 heterocycles. The van der Waals surface area contributed by atoms with Crippen LogP contribution in [0.5, 0.6) is 0 Å². The van der Waals surface area contributed by atoms with E-state index in [0.717, 1.165) is 6.54 Å². The maximum absolute atomic E-state index is 4.67. The molecule has 2 heteroatoms. The van der Waals surface area contributed by atoms with Gasteiger partial charge in [-0.2, -0.15) is 0 Å². The molecule has 1 N–H and O–H groups in total. The molecule has 0 radical (unpaired) electrons. The first-order chi connectivity index (χ1) is 4.41. The molecule has 0 saturated carbocycles. The number of hydroxylamine groups is 1. The third-order valence-corrected chi connectivity index (χ3v) is 1.28. The van der Waals surface area contributed by atoms with Crippen LogP contribution in [-0.4, -0.2) is 13.7 Å². The molecule has 0 aliphatic heterocycles. The maximum Gasteiger partial charge on any atom is 0.0572 e. The van der Waals surface area contributed by atoms with Crippen LogP contribution in [0.2, 0.25) is 0 Å². The lowest BCUT2D eigenvalue weighted by atomic mass is 10.2. The lowest BCUT2D eigenvalue weighted by Gasteiger charge is -1.99. The van der Waals surface area contributed by atoms with Crippen molar-refractivity contribution < 1.29 is 4.84 Å². The summed E-state index contributed by atoms with van der Waals surface area (Å²) < 4.78 is 0. The zero-order valence-electron chi connectivity index (χ0n) is 6.44. The fourth-order valence-corrected chi connectivity index (χ4v) is 0.726. The van der Waals surface area contributed by atoms with Gasteiger partial charge in [-0.05, 0) is 6.42 Å². The van der Waals surface area contributed by atoms with Crippen molar-refractivity contribution in [1.29, 1.82) is 0 Å². The van der Waals surface area contributed by atoms with E-state index in [1.54, 1.807) is 7.11 Å². The first kappa shape index (κ1) is 8.92. The Bertz CT molecular complexity index is 42.2. The lowest BCUT2D eigenvalue weighted by Crippen LogP contribution is -2.12. The first-order valence-corrected chi connectivity index (χ1v) is 3.67. The fraction of sp³-hybridized carbons (Fsp3) is 1.00. The minimum absolute atomic E-state index is 0.983. The number of hydrogen-bond acceptors (Lipinski definition) is 2. The highest BCUT2D eigenvalue weighted by atomic mass is 16.6. The zero-order chi connectivity index (χ0) is 6.95. The van der Waals surface area contributed by atoms with Crippen LogP contribution in [0.25, 0.3) is 0 Å². The molecule has 0 unspecified atom stereocenters. The van der Waals surface area contributed by atoms with Crippen molar-refractivity contribution in [2.45, 2.75) is 32.6 Å². The molecule has 0 aromatic rings. The Balaban J connectivity index is 2.60. The van der Waals surface area contributed by atoms with Gasteiger partial charge in [-0.25, -0.2) is 5.48 Å². The van der Waals surface area contributed by atoms with E-state index in [0.29, 0.717) is 0 Å². The monoisotopic (exact) mass is 131 g/mol. The molecule has 0 saturated heterocycles. The van der Waals surface area contributed by atoms with Crippen molar-refractivity contribution in [2.24, 2.45) is 0 Å². The van der Waals surface area contributed by atoms with Crippen molar-refractivity contribution in [2.75, 3.05) is 13.7 Å². The zero-order valence-corrected chi connectivity index (χ0v) is 6.44. The van der Waals surface area contributed by atoms with Crippen LogP contribution in [0.4, 0.5) is 0 Å². The van der Waals surface area contributed by atoms with E-state index in [1.165, 1.54) is 25.7 Å². The van der Waals surface area contributed by atoms with Gasteiger partial charge in [0.15, 0.2) is 0 Å². The summed E-state index contributed by atoms with van der Waals surface area (Å²) in [6.07, 6.45) is 5.17. The predicted molar refractivity (Wildman–Crippen MR) is 39.2 cm³/mol. The summed E-state index contributed by atoms with van der Waals surface area (Å²) in [5, 5.41) is 0. The number of unbranched alkanes of at least 4 members (excludes halogenated alkanes) is 3. The van der Waals surface area contributed by atoms with Gasteiger partial charge in [0.1, 0.15) is 0 Å². The second-order valence-corrected chi connectivity index (χ2v) is 2.16. The third-order valence-electron chi connectivity index (χ3n) is 1.28. The van der Waals surface area contributed by atoms with E-state index in [4.69, 9.17) is 0 Å². The highest BCUT2D eigenvalue weighted by molar-refractivity contribution is 4.40. The van der Waals surface area contributed by atoms with Gasteiger partial charge >= 0.3 is 0 Å². The summed E-state index contributed by atoms with van der Waals surface area (Å²) in [4.78, 5) is 4.67. The van der Waals surface area contributed by atoms with Gasteiger partial charge in [-0.15, -0.1) is 0 Å². The third kappa shape index (κ3) is 7.92. The van der Waals surface area contributed by atoms with Crippen molar-refractivity contribution >= 4 is 0 Å². The summed E-state index contributed by atoms with van der Waals surface area (Å²) in [5.74, 6) is 0. The van der Waals surface area contributed by atoms with E-state index in [1.807, 2.05) is 0 Å². The Labute approximate surface area is 57.5 Å². The summed E-state index contributed by atoms with van der Waals surface area (Å²) in [6, 6.07) is 0. The molecule has 9 heavy (non-hydrogen) atoms. The Morgan fingerprint density at radius 3 is 2.56 bits per heavy atom. The molecule has 2 nitrogen and oxygen atoms in total. The second-order valence-electron chi connectivity index (χ2n) is 2.16. The Hall–Kier alpha value is -0.0800. The lowest BCUT2D eigenvalue weighted by molar-refractivity contribution is 0.0905. The van der Waals surface area contributed by atoms with Gasteiger partial charge < -0.3 is 4.84 Å². The topological polar surface area (TPSA) is 21.3 Å². The number of nitrogens with one attached hydrogen (secondary N) is 1. The van der Waals surface area contributed by atoms with Gasteiger partial charge in [0.25, 0.3) is 0 Å². The maximum atomic E-state index is 4.67. The van der Waals surface area contributed by atoms with E-state index in [9.17, 15) is 0 Å². The molecule has 0 aromatic carbocycles. The summed E-state index contributed by atoms with van der Waals surface area (Å²) >= 11 is 0. The molecule has 0 fully saturated rings. The highest BCUT2D eigenvalue weighted by Gasteiger charge is 1.84.